The number of aliphatic hydroxyl groups is 1. The van der Waals surface area contributed by atoms with Gasteiger partial charge in [-0.2, -0.15) is 0 Å². The average molecular weight is 323 g/mol. The van der Waals surface area contributed by atoms with Gasteiger partial charge in [-0.15, -0.1) is 0 Å². The van der Waals surface area contributed by atoms with Crippen LogP contribution in [0, 0.1) is 5.82 Å². The van der Waals surface area contributed by atoms with E-state index in [1.165, 1.54) is 12.1 Å². The Hall–Kier alpha value is -3.05. The van der Waals surface area contributed by atoms with Gasteiger partial charge in [0.1, 0.15) is 5.82 Å². The first kappa shape index (κ1) is 15.8. The molecule has 0 spiro atoms. The predicted octanol–water partition coefficient (Wildman–Crippen LogP) is 2.91. The van der Waals surface area contributed by atoms with Gasteiger partial charge in [0, 0.05) is 11.1 Å². The van der Waals surface area contributed by atoms with Crippen LogP contribution in [0.5, 0.6) is 0 Å². The minimum absolute atomic E-state index is 0.113. The summed E-state index contributed by atoms with van der Waals surface area (Å²) in [5, 5.41) is 13.8. The second-order valence-electron chi connectivity index (χ2n) is 5.27. The minimum Gasteiger partial charge on any atom is -0.367 e. The maximum Gasteiger partial charge on any atom is 0.254 e. The van der Waals surface area contributed by atoms with Crippen LogP contribution >= 0.6 is 0 Å². The van der Waals surface area contributed by atoms with E-state index >= 15 is 0 Å². The van der Waals surface area contributed by atoms with E-state index in [1.54, 1.807) is 24.3 Å². The number of Topliss-reactive ketones (excluding diaryl/α,β-unsaturated/α-hetero) is 1. The summed E-state index contributed by atoms with van der Waals surface area (Å²) < 4.78 is 12.9. The second kappa shape index (κ2) is 6.60. The number of halogens is 1. The molecule has 3 aromatic rings. The van der Waals surface area contributed by atoms with E-state index in [2.05, 4.69) is 5.32 Å². The molecule has 24 heavy (non-hydrogen) atoms. The van der Waals surface area contributed by atoms with Crippen LogP contribution in [0.2, 0.25) is 0 Å². The van der Waals surface area contributed by atoms with Gasteiger partial charge in [0.2, 0.25) is 5.78 Å². The van der Waals surface area contributed by atoms with Crippen LogP contribution in [0.1, 0.15) is 20.7 Å². The van der Waals surface area contributed by atoms with E-state index in [1.807, 2.05) is 18.2 Å². The van der Waals surface area contributed by atoms with Gasteiger partial charge >= 0.3 is 0 Å². The Kier molecular flexibility index (Phi) is 4.35. The Morgan fingerprint density at radius 2 is 1.58 bits per heavy atom. The molecule has 0 saturated heterocycles. The Morgan fingerprint density at radius 1 is 0.917 bits per heavy atom. The fraction of sp³-hybridized carbons (Fsp3) is 0.0526. The summed E-state index contributed by atoms with van der Waals surface area (Å²) >= 11 is 0. The second-order valence-corrected chi connectivity index (χ2v) is 5.27. The molecule has 4 nitrogen and oxygen atoms in total. The summed E-state index contributed by atoms with van der Waals surface area (Å²) in [5.41, 5.74) is 0.473. The molecule has 2 N–H and O–H groups in total. The van der Waals surface area contributed by atoms with E-state index < -0.39 is 23.7 Å². The highest BCUT2D eigenvalue weighted by molar-refractivity contribution is 6.09. The van der Waals surface area contributed by atoms with Crippen molar-refractivity contribution in [2.45, 2.75) is 6.23 Å². The molecule has 5 heteroatoms. The molecule has 120 valence electrons. The molecule has 0 radical (unpaired) electrons. The number of amides is 1. The largest absolute Gasteiger partial charge is 0.367 e. The Balaban J connectivity index is 1.80. The summed E-state index contributed by atoms with van der Waals surface area (Å²) in [4.78, 5) is 24.5. The predicted molar refractivity (Wildman–Crippen MR) is 88.2 cm³/mol. The topological polar surface area (TPSA) is 66.4 Å². The minimum atomic E-state index is -1.71. The Labute approximate surface area is 137 Å². The van der Waals surface area contributed by atoms with Gasteiger partial charge < -0.3 is 10.4 Å². The monoisotopic (exact) mass is 323 g/mol. The van der Waals surface area contributed by atoms with E-state index in [9.17, 15) is 19.1 Å². The lowest BCUT2D eigenvalue weighted by Gasteiger charge is -2.13. The molecule has 0 bridgehead atoms. The summed E-state index contributed by atoms with van der Waals surface area (Å²) in [6, 6.07) is 17.3. The summed E-state index contributed by atoms with van der Waals surface area (Å²) in [6.45, 7) is 0. The zero-order valence-electron chi connectivity index (χ0n) is 12.6. The molecule has 1 amide bonds. The zero-order valence-corrected chi connectivity index (χ0v) is 12.6. The van der Waals surface area contributed by atoms with Gasteiger partial charge in [-0.1, -0.05) is 36.4 Å². The maximum atomic E-state index is 12.9. The molecule has 0 aliphatic carbocycles. The van der Waals surface area contributed by atoms with Crippen LogP contribution in [0.4, 0.5) is 4.39 Å². The SMILES string of the molecule is O=C(NC(O)C(=O)c1ccc(F)cc1)c1cccc2ccccc12. The van der Waals surface area contributed by atoms with Crippen molar-refractivity contribution in [3.8, 4) is 0 Å². The van der Waals surface area contributed by atoms with Crippen LogP contribution < -0.4 is 5.32 Å². The summed E-state index contributed by atoms with van der Waals surface area (Å²) in [5.74, 6) is -1.75. The maximum absolute atomic E-state index is 12.9. The smallest absolute Gasteiger partial charge is 0.254 e. The normalized spacial score (nSPS) is 11.9. The lowest BCUT2D eigenvalue weighted by molar-refractivity contribution is 0.0608. The molecule has 0 saturated carbocycles. The molecule has 3 rings (SSSR count). The van der Waals surface area contributed by atoms with Gasteiger partial charge in [-0.05, 0) is 41.1 Å². The molecule has 0 aromatic heterocycles. The van der Waals surface area contributed by atoms with Gasteiger partial charge in [0.05, 0.1) is 0 Å². The van der Waals surface area contributed by atoms with Crippen LogP contribution in [-0.2, 0) is 0 Å². The zero-order chi connectivity index (χ0) is 17.1. The van der Waals surface area contributed by atoms with Crippen LogP contribution in [0.25, 0.3) is 10.8 Å². The number of carbonyl (C=O) groups is 2. The van der Waals surface area contributed by atoms with Crippen molar-refractivity contribution in [3.05, 3.63) is 83.7 Å². The Morgan fingerprint density at radius 3 is 2.33 bits per heavy atom. The molecular formula is C19H14FNO3. The molecular weight excluding hydrogens is 309 g/mol. The number of aliphatic hydroxyl groups excluding tert-OH is 1. The van der Waals surface area contributed by atoms with Crippen molar-refractivity contribution in [2.75, 3.05) is 0 Å². The number of fused-ring (bicyclic) bond motifs is 1. The number of nitrogens with one attached hydrogen (secondary N) is 1. The molecule has 3 aromatic carbocycles. The third-order valence-corrected chi connectivity index (χ3v) is 3.68. The third kappa shape index (κ3) is 3.16. The first-order valence-electron chi connectivity index (χ1n) is 7.33. The van der Waals surface area contributed by atoms with Crippen molar-refractivity contribution in [1.29, 1.82) is 0 Å². The van der Waals surface area contributed by atoms with E-state index in [0.717, 1.165) is 22.9 Å². The van der Waals surface area contributed by atoms with Crippen LogP contribution in [0.3, 0.4) is 0 Å². The first-order chi connectivity index (χ1) is 11.6. The fourth-order valence-electron chi connectivity index (χ4n) is 2.46. The van der Waals surface area contributed by atoms with Gasteiger partial charge in [-0.3, -0.25) is 9.59 Å². The lowest BCUT2D eigenvalue weighted by atomic mass is 10.0. The third-order valence-electron chi connectivity index (χ3n) is 3.68. The highest BCUT2D eigenvalue weighted by atomic mass is 19.1. The van der Waals surface area contributed by atoms with E-state index in [4.69, 9.17) is 0 Å². The number of benzene rings is 3. The number of ketones is 1. The Bertz CT molecular complexity index is 901. The van der Waals surface area contributed by atoms with Crippen molar-refractivity contribution in [3.63, 3.8) is 0 Å². The number of carbonyl (C=O) groups excluding carboxylic acids is 2. The molecule has 0 heterocycles. The standard InChI is InChI=1S/C19H14FNO3/c20-14-10-8-13(9-11-14)17(22)19(24)21-18(23)16-7-3-5-12-4-1-2-6-15(12)16/h1-11,19,24H,(H,21,23). The van der Waals surface area contributed by atoms with E-state index in [0.29, 0.717) is 5.56 Å². The average Bonchev–Trinajstić information content (AvgIpc) is 2.61. The van der Waals surface area contributed by atoms with Gasteiger partial charge in [0.25, 0.3) is 5.91 Å². The van der Waals surface area contributed by atoms with E-state index in [-0.39, 0.29) is 5.56 Å². The van der Waals surface area contributed by atoms with Crippen molar-refractivity contribution >= 4 is 22.5 Å². The first-order valence-corrected chi connectivity index (χ1v) is 7.33. The number of hydrogen-bond donors (Lipinski definition) is 2. The molecule has 0 fully saturated rings. The lowest BCUT2D eigenvalue weighted by Crippen LogP contribution is -2.40. The van der Waals surface area contributed by atoms with Crippen LogP contribution in [0.15, 0.2) is 66.7 Å². The van der Waals surface area contributed by atoms with Crippen molar-refractivity contribution in [2.24, 2.45) is 0 Å². The number of rotatable bonds is 4. The molecule has 1 unspecified atom stereocenters. The highest BCUT2D eigenvalue weighted by Crippen LogP contribution is 2.18. The quantitative estimate of drug-likeness (QED) is 0.573. The summed E-state index contributed by atoms with van der Waals surface area (Å²) in [7, 11) is 0. The van der Waals surface area contributed by atoms with Gasteiger partial charge in [0.15, 0.2) is 6.23 Å². The highest BCUT2D eigenvalue weighted by Gasteiger charge is 2.21. The van der Waals surface area contributed by atoms with Gasteiger partial charge in [-0.25, -0.2) is 4.39 Å². The fourth-order valence-corrected chi connectivity index (χ4v) is 2.46. The van der Waals surface area contributed by atoms with Crippen molar-refractivity contribution < 1.29 is 19.1 Å². The number of hydrogen-bond acceptors (Lipinski definition) is 3. The van der Waals surface area contributed by atoms with Crippen LogP contribution in [-0.4, -0.2) is 23.0 Å². The molecule has 1 atom stereocenters. The van der Waals surface area contributed by atoms with Crippen molar-refractivity contribution in [1.82, 2.24) is 5.32 Å². The molecule has 0 aliphatic rings. The summed E-state index contributed by atoms with van der Waals surface area (Å²) in [6.07, 6.45) is -1.71. The molecule has 0 aliphatic heterocycles.